The lowest BCUT2D eigenvalue weighted by Crippen LogP contribution is -2.34. The molecule has 2 aromatic carbocycles. The Labute approximate surface area is 160 Å². The van der Waals surface area contributed by atoms with Crippen molar-refractivity contribution >= 4 is 17.0 Å². The summed E-state index contributed by atoms with van der Waals surface area (Å²) in [6.45, 7) is 8.38. The summed E-state index contributed by atoms with van der Waals surface area (Å²) in [5.41, 5.74) is 4.22. The van der Waals surface area contributed by atoms with Crippen molar-refractivity contribution in [1.29, 1.82) is 0 Å². The lowest BCUT2D eigenvalue weighted by Gasteiger charge is -2.18. The number of urea groups is 1. The van der Waals surface area contributed by atoms with Gasteiger partial charge in [-0.2, -0.15) is 0 Å². The summed E-state index contributed by atoms with van der Waals surface area (Å²) in [6, 6.07) is 16.1. The lowest BCUT2D eigenvalue weighted by molar-refractivity contribution is 0.240. The van der Waals surface area contributed by atoms with Gasteiger partial charge >= 0.3 is 6.03 Å². The Bertz CT molecular complexity index is 867. The average molecular weight is 365 g/mol. The molecule has 0 saturated carbocycles. The van der Waals surface area contributed by atoms with Crippen LogP contribution in [0, 0.1) is 0 Å². The zero-order valence-electron chi connectivity index (χ0n) is 16.0. The van der Waals surface area contributed by atoms with E-state index >= 15 is 0 Å². The number of hydrogen-bond acceptors (Lipinski definition) is 3. The number of carbonyl (C=O) groups excluding carboxylic acids is 1. The molecule has 0 aliphatic carbocycles. The van der Waals surface area contributed by atoms with Crippen molar-refractivity contribution < 1.29 is 9.21 Å². The summed E-state index contributed by atoms with van der Waals surface area (Å²) in [5, 5.41) is 6.84. The van der Waals surface area contributed by atoms with Gasteiger partial charge in [0.1, 0.15) is 5.58 Å². The van der Waals surface area contributed by atoms with E-state index in [1.54, 1.807) is 6.26 Å². The standard InChI is InChI=1S/C22H27N3O2/c1-3-25(4-2)16-18-7-5-17(6-8-18)14-23-22(26)24-15-19-9-10-20-11-12-27-21(20)13-19/h5-13H,3-4,14-16H2,1-2H3,(H2,23,24,26). The molecule has 2 N–H and O–H groups in total. The molecule has 5 heteroatoms. The molecule has 5 nitrogen and oxygen atoms in total. The van der Waals surface area contributed by atoms with Gasteiger partial charge in [-0.05, 0) is 41.9 Å². The first-order chi connectivity index (χ1) is 13.2. The molecule has 0 saturated heterocycles. The number of carbonyl (C=O) groups is 1. The molecule has 142 valence electrons. The van der Waals surface area contributed by atoms with Gasteiger partial charge in [0.25, 0.3) is 0 Å². The van der Waals surface area contributed by atoms with Crippen LogP contribution >= 0.6 is 0 Å². The SMILES string of the molecule is CCN(CC)Cc1ccc(CNC(=O)NCc2ccc3ccoc3c2)cc1. The molecule has 3 rings (SSSR count). The molecular weight excluding hydrogens is 338 g/mol. The molecule has 1 aromatic heterocycles. The molecule has 0 bridgehead atoms. The number of nitrogens with one attached hydrogen (secondary N) is 2. The van der Waals surface area contributed by atoms with Crippen LogP contribution in [0.4, 0.5) is 4.79 Å². The maximum Gasteiger partial charge on any atom is 0.315 e. The first kappa shape index (κ1) is 19.0. The summed E-state index contributed by atoms with van der Waals surface area (Å²) in [5.74, 6) is 0. The Kier molecular flexibility index (Phi) is 6.49. The quantitative estimate of drug-likeness (QED) is 0.627. The molecule has 0 fully saturated rings. The average Bonchev–Trinajstić information content (AvgIpc) is 3.17. The van der Waals surface area contributed by atoms with E-state index in [1.807, 2.05) is 24.3 Å². The molecule has 0 aliphatic rings. The summed E-state index contributed by atoms with van der Waals surface area (Å²) in [6.07, 6.45) is 1.67. The third-order valence-electron chi connectivity index (χ3n) is 4.75. The van der Waals surface area contributed by atoms with Crippen LogP contribution in [0.1, 0.15) is 30.5 Å². The Morgan fingerprint density at radius 2 is 1.52 bits per heavy atom. The van der Waals surface area contributed by atoms with Crippen molar-refractivity contribution in [3.05, 3.63) is 71.5 Å². The van der Waals surface area contributed by atoms with Crippen LogP contribution in [0.5, 0.6) is 0 Å². The van der Waals surface area contributed by atoms with E-state index in [1.165, 1.54) is 5.56 Å². The first-order valence-electron chi connectivity index (χ1n) is 9.46. The molecule has 1 heterocycles. The highest BCUT2D eigenvalue weighted by Gasteiger charge is 2.04. The highest BCUT2D eigenvalue weighted by Crippen LogP contribution is 2.16. The van der Waals surface area contributed by atoms with Gasteiger partial charge in [0, 0.05) is 25.0 Å². The first-order valence-corrected chi connectivity index (χ1v) is 9.46. The summed E-state index contributed by atoms with van der Waals surface area (Å²) in [4.78, 5) is 14.4. The van der Waals surface area contributed by atoms with E-state index in [2.05, 4.69) is 53.6 Å². The molecule has 3 aromatic rings. The molecule has 0 spiro atoms. The Morgan fingerprint density at radius 1 is 0.889 bits per heavy atom. The van der Waals surface area contributed by atoms with Gasteiger partial charge in [0.2, 0.25) is 0 Å². The van der Waals surface area contributed by atoms with Crippen molar-refractivity contribution in [2.75, 3.05) is 13.1 Å². The Morgan fingerprint density at radius 3 is 2.22 bits per heavy atom. The molecule has 27 heavy (non-hydrogen) atoms. The fourth-order valence-corrected chi connectivity index (χ4v) is 3.00. The van der Waals surface area contributed by atoms with Crippen LogP contribution < -0.4 is 10.6 Å². The van der Waals surface area contributed by atoms with Crippen molar-refractivity contribution in [2.45, 2.75) is 33.5 Å². The number of amides is 2. The summed E-state index contributed by atoms with van der Waals surface area (Å²) in [7, 11) is 0. The van der Waals surface area contributed by atoms with Crippen LogP contribution in [0.2, 0.25) is 0 Å². The number of rotatable bonds is 8. The fourth-order valence-electron chi connectivity index (χ4n) is 3.00. The van der Waals surface area contributed by atoms with Crippen LogP contribution in [-0.2, 0) is 19.6 Å². The third-order valence-corrected chi connectivity index (χ3v) is 4.75. The zero-order valence-corrected chi connectivity index (χ0v) is 16.0. The second-order valence-corrected chi connectivity index (χ2v) is 6.61. The van der Waals surface area contributed by atoms with Crippen molar-refractivity contribution in [3.8, 4) is 0 Å². The van der Waals surface area contributed by atoms with Crippen molar-refractivity contribution in [2.24, 2.45) is 0 Å². The predicted octanol–water partition coefficient (Wildman–Crippen LogP) is 4.27. The van der Waals surface area contributed by atoms with E-state index in [4.69, 9.17) is 4.42 Å². The van der Waals surface area contributed by atoms with Gasteiger partial charge in [-0.3, -0.25) is 4.90 Å². The molecule has 2 amide bonds. The number of benzene rings is 2. The van der Waals surface area contributed by atoms with Gasteiger partial charge in [-0.1, -0.05) is 50.2 Å². The van der Waals surface area contributed by atoms with Gasteiger partial charge in [-0.15, -0.1) is 0 Å². The molecule has 0 radical (unpaired) electrons. The number of hydrogen-bond donors (Lipinski definition) is 2. The molecule has 0 unspecified atom stereocenters. The summed E-state index contributed by atoms with van der Waals surface area (Å²) >= 11 is 0. The topological polar surface area (TPSA) is 57.5 Å². The number of nitrogens with zero attached hydrogens (tertiary/aromatic N) is 1. The van der Waals surface area contributed by atoms with E-state index in [0.29, 0.717) is 13.1 Å². The maximum atomic E-state index is 12.0. The maximum absolute atomic E-state index is 12.0. The smallest absolute Gasteiger partial charge is 0.315 e. The van der Waals surface area contributed by atoms with E-state index in [9.17, 15) is 4.79 Å². The zero-order chi connectivity index (χ0) is 19.1. The molecular formula is C22H27N3O2. The second kappa shape index (κ2) is 9.24. The normalized spacial score (nSPS) is 11.1. The largest absolute Gasteiger partial charge is 0.464 e. The summed E-state index contributed by atoms with van der Waals surface area (Å²) < 4.78 is 5.39. The highest BCUT2D eigenvalue weighted by molar-refractivity contribution is 5.78. The number of fused-ring (bicyclic) bond motifs is 1. The van der Waals surface area contributed by atoms with E-state index in [0.717, 1.165) is 41.7 Å². The predicted molar refractivity (Wildman–Crippen MR) is 108 cm³/mol. The van der Waals surface area contributed by atoms with Crippen LogP contribution in [-0.4, -0.2) is 24.0 Å². The van der Waals surface area contributed by atoms with E-state index in [-0.39, 0.29) is 6.03 Å². The van der Waals surface area contributed by atoms with E-state index < -0.39 is 0 Å². The second-order valence-electron chi connectivity index (χ2n) is 6.61. The van der Waals surface area contributed by atoms with Crippen LogP contribution in [0.25, 0.3) is 11.0 Å². The fraction of sp³-hybridized carbons (Fsp3) is 0.318. The van der Waals surface area contributed by atoms with Gasteiger partial charge < -0.3 is 15.1 Å². The van der Waals surface area contributed by atoms with Crippen LogP contribution in [0.15, 0.2) is 59.2 Å². The lowest BCUT2D eigenvalue weighted by atomic mass is 10.1. The van der Waals surface area contributed by atoms with Gasteiger partial charge in [-0.25, -0.2) is 4.79 Å². The highest BCUT2D eigenvalue weighted by atomic mass is 16.3. The van der Waals surface area contributed by atoms with Crippen LogP contribution in [0.3, 0.4) is 0 Å². The van der Waals surface area contributed by atoms with Gasteiger partial charge in [0.05, 0.1) is 6.26 Å². The van der Waals surface area contributed by atoms with Crippen molar-refractivity contribution in [1.82, 2.24) is 15.5 Å². The third kappa shape index (κ3) is 5.34. The molecule has 0 aliphatic heterocycles. The minimum Gasteiger partial charge on any atom is -0.464 e. The minimum absolute atomic E-state index is 0.179. The Hall–Kier alpha value is -2.79. The molecule has 0 atom stereocenters. The Balaban J connectivity index is 1.44. The van der Waals surface area contributed by atoms with Gasteiger partial charge in [0.15, 0.2) is 0 Å². The number of furan rings is 1. The van der Waals surface area contributed by atoms with Crippen molar-refractivity contribution in [3.63, 3.8) is 0 Å². The monoisotopic (exact) mass is 365 g/mol. The minimum atomic E-state index is -0.179.